The Morgan fingerprint density at radius 1 is 1.11 bits per heavy atom. The molecule has 0 radical (unpaired) electrons. The van der Waals surface area contributed by atoms with Crippen LogP contribution in [0.2, 0.25) is 0 Å². The van der Waals surface area contributed by atoms with Gasteiger partial charge in [0.1, 0.15) is 11.6 Å². The van der Waals surface area contributed by atoms with Crippen LogP contribution in [0.25, 0.3) is 10.9 Å². The highest BCUT2D eigenvalue weighted by Gasteiger charge is 2.06. The van der Waals surface area contributed by atoms with Gasteiger partial charge in [-0.3, -0.25) is 9.59 Å². The highest BCUT2D eigenvalue weighted by Crippen LogP contribution is 2.12. The number of hydrogen-bond acceptors (Lipinski definition) is 3. The largest absolute Gasteiger partial charge is 0.494 e. The van der Waals surface area contributed by atoms with E-state index in [1.54, 1.807) is 12.1 Å². The molecule has 3 rings (SSSR count). The first-order valence-electron chi connectivity index (χ1n) is 8.88. The number of para-hydroxylation sites is 1. The molecule has 1 aromatic heterocycles. The van der Waals surface area contributed by atoms with Crippen LogP contribution < -0.4 is 15.6 Å². The van der Waals surface area contributed by atoms with Gasteiger partial charge in [0, 0.05) is 24.0 Å². The Bertz CT molecular complexity index is 967. The van der Waals surface area contributed by atoms with Crippen LogP contribution in [0.4, 0.5) is 4.39 Å². The van der Waals surface area contributed by atoms with Crippen molar-refractivity contribution < 1.29 is 13.9 Å². The van der Waals surface area contributed by atoms with Crippen LogP contribution in [0.5, 0.6) is 5.75 Å². The standard InChI is InChI=1S/C21H21FN2O3/c22-17-7-9-18(10-8-17)27-13-3-12-23-20(25)11-6-16-14-15-4-1-2-5-19(15)24-21(16)26/h1-2,4-5,7-10,14H,3,6,11-13H2,(H,23,25)(H,24,26). The number of benzene rings is 2. The van der Waals surface area contributed by atoms with Crippen LogP contribution in [0, 0.1) is 5.82 Å². The summed E-state index contributed by atoms with van der Waals surface area (Å²) in [6, 6.07) is 15.2. The fraction of sp³-hybridized carbons (Fsp3) is 0.238. The molecule has 6 heteroatoms. The topological polar surface area (TPSA) is 71.2 Å². The van der Waals surface area contributed by atoms with Crippen LogP contribution in [-0.4, -0.2) is 24.0 Å². The number of hydrogen-bond donors (Lipinski definition) is 2. The molecule has 0 unspecified atom stereocenters. The third kappa shape index (κ3) is 5.41. The molecule has 0 bridgehead atoms. The molecular weight excluding hydrogens is 347 g/mol. The number of aryl methyl sites for hydroxylation is 1. The second kappa shape index (κ2) is 8.98. The van der Waals surface area contributed by atoms with E-state index < -0.39 is 0 Å². The van der Waals surface area contributed by atoms with E-state index in [0.29, 0.717) is 37.3 Å². The lowest BCUT2D eigenvalue weighted by Crippen LogP contribution is -2.26. The summed E-state index contributed by atoms with van der Waals surface area (Å²) in [5.74, 6) is 0.183. The number of nitrogens with one attached hydrogen (secondary N) is 2. The molecule has 0 atom stereocenters. The Balaban J connectivity index is 1.39. The van der Waals surface area contributed by atoms with E-state index in [4.69, 9.17) is 4.74 Å². The molecule has 2 N–H and O–H groups in total. The first-order chi connectivity index (χ1) is 13.1. The smallest absolute Gasteiger partial charge is 0.251 e. The number of H-pyrrole nitrogens is 1. The van der Waals surface area contributed by atoms with E-state index in [9.17, 15) is 14.0 Å². The number of ether oxygens (including phenoxy) is 1. The molecule has 27 heavy (non-hydrogen) atoms. The van der Waals surface area contributed by atoms with Gasteiger partial charge in [-0.25, -0.2) is 4.39 Å². The molecular formula is C21H21FN2O3. The first kappa shape index (κ1) is 18.6. The van der Waals surface area contributed by atoms with Crippen LogP contribution in [-0.2, 0) is 11.2 Å². The highest BCUT2D eigenvalue weighted by molar-refractivity contribution is 5.79. The molecule has 1 heterocycles. The van der Waals surface area contributed by atoms with Crippen molar-refractivity contribution in [2.45, 2.75) is 19.3 Å². The number of halogens is 1. The third-order valence-electron chi connectivity index (χ3n) is 4.18. The maximum Gasteiger partial charge on any atom is 0.251 e. The van der Waals surface area contributed by atoms with Crippen molar-refractivity contribution in [1.29, 1.82) is 0 Å². The zero-order valence-electron chi connectivity index (χ0n) is 14.8. The fourth-order valence-corrected chi connectivity index (χ4v) is 2.74. The molecule has 2 aromatic carbocycles. The predicted molar refractivity (Wildman–Crippen MR) is 102 cm³/mol. The molecule has 5 nitrogen and oxygen atoms in total. The SMILES string of the molecule is O=C(CCc1cc2ccccc2[nH]c1=O)NCCCOc1ccc(F)cc1. The molecule has 0 saturated heterocycles. The van der Waals surface area contributed by atoms with Crippen LogP contribution in [0.3, 0.4) is 0 Å². The van der Waals surface area contributed by atoms with Crippen LogP contribution >= 0.6 is 0 Å². The fourth-order valence-electron chi connectivity index (χ4n) is 2.74. The third-order valence-corrected chi connectivity index (χ3v) is 4.18. The van der Waals surface area contributed by atoms with Crippen molar-refractivity contribution in [2.24, 2.45) is 0 Å². The van der Waals surface area contributed by atoms with Gasteiger partial charge in [0.15, 0.2) is 0 Å². The van der Waals surface area contributed by atoms with Crippen molar-refractivity contribution in [2.75, 3.05) is 13.2 Å². The van der Waals surface area contributed by atoms with Crippen LogP contribution in [0.15, 0.2) is 59.4 Å². The zero-order chi connectivity index (χ0) is 19.1. The Hall–Kier alpha value is -3.15. The van der Waals surface area contributed by atoms with E-state index in [0.717, 1.165) is 10.9 Å². The summed E-state index contributed by atoms with van der Waals surface area (Å²) in [6.07, 6.45) is 1.28. The molecule has 140 valence electrons. The Labute approximate surface area is 156 Å². The minimum atomic E-state index is -0.306. The minimum Gasteiger partial charge on any atom is -0.494 e. The predicted octanol–water partition coefficient (Wildman–Crippen LogP) is 3.19. The number of carbonyl (C=O) groups is 1. The minimum absolute atomic E-state index is 0.107. The lowest BCUT2D eigenvalue weighted by molar-refractivity contribution is -0.121. The van der Waals surface area contributed by atoms with E-state index >= 15 is 0 Å². The van der Waals surface area contributed by atoms with Gasteiger partial charge in [0.25, 0.3) is 5.56 Å². The average molecular weight is 368 g/mol. The van der Waals surface area contributed by atoms with Crippen molar-refractivity contribution in [3.05, 3.63) is 76.3 Å². The maximum atomic E-state index is 12.8. The van der Waals surface area contributed by atoms with Crippen molar-refractivity contribution in [3.63, 3.8) is 0 Å². The summed E-state index contributed by atoms with van der Waals surface area (Å²) in [4.78, 5) is 26.9. The summed E-state index contributed by atoms with van der Waals surface area (Å²) in [5.41, 5.74) is 1.23. The average Bonchev–Trinajstić information content (AvgIpc) is 2.67. The number of pyridine rings is 1. The van der Waals surface area contributed by atoms with E-state index in [1.165, 1.54) is 12.1 Å². The van der Waals surface area contributed by atoms with Gasteiger partial charge in [-0.1, -0.05) is 18.2 Å². The van der Waals surface area contributed by atoms with E-state index in [1.807, 2.05) is 30.3 Å². The van der Waals surface area contributed by atoms with Gasteiger partial charge in [-0.15, -0.1) is 0 Å². The number of rotatable bonds is 8. The highest BCUT2D eigenvalue weighted by atomic mass is 19.1. The van der Waals surface area contributed by atoms with E-state index in [-0.39, 0.29) is 23.7 Å². The van der Waals surface area contributed by atoms with E-state index in [2.05, 4.69) is 10.3 Å². The summed E-state index contributed by atoms with van der Waals surface area (Å²) < 4.78 is 18.3. The van der Waals surface area contributed by atoms with Gasteiger partial charge in [0.05, 0.1) is 6.61 Å². The molecule has 0 spiro atoms. The van der Waals surface area contributed by atoms with Gasteiger partial charge < -0.3 is 15.0 Å². The van der Waals surface area contributed by atoms with Gasteiger partial charge in [-0.2, -0.15) is 0 Å². The molecule has 0 saturated carbocycles. The van der Waals surface area contributed by atoms with Gasteiger partial charge in [0.2, 0.25) is 5.91 Å². The quantitative estimate of drug-likeness (QED) is 0.600. The molecule has 0 aliphatic carbocycles. The maximum absolute atomic E-state index is 12.8. The Kier molecular flexibility index (Phi) is 6.20. The number of carbonyl (C=O) groups excluding carboxylic acids is 1. The van der Waals surface area contributed by atoms with Gasteiger partial charge in [-0.05, 0) is 54.6 Å². The van der Waals surface area contributed by atoms with Gasteiger partial charge >= 0.3 is 0 Å². The molecule has 0 aliphatic rings. The lowest BCUT2D eigenvalue weighted by Gasteiger charge is -2.08. The summed E-state index contributed by atoms with van der Waals surface area (Å²) >= 11 is 0. The lowest BCUT2D eigenvalue weighted by atomic mass is 10.1. The monoisotopic (exact) mass is 368 g/mol. The molecule has 3 aromatic rings. The Morgan fingerprint density at radius 3 is 2.70 bits per heavy atom. The van der Waals surface area contributed by atoms with Crippen LogP contribution in [0.1, 0.15) is 18.4 Å². The van der Waals surface area contributed by atoms with Crippen molar-refractivity contribution >= 4 is 16.8 Å². The van der Waals surface area contributed by atoms with Crippen molar-refractivity contribution in [3.8, 4) is 5.75 Å². The van der Waals surface area contributed by atoms with Crippen molar-refractivity contribution in [1.82, 2.24) is 10.3 Å². The number of aromatic amines is 1. The second-order valence-electron chi connectivity index (χ2n) is 6.22. The molecule has 1 amide bonds. The summed E-state index contributed by atoms with van der Waals surface area (Å²) in [6.45, 7) is 0.907. The number of aromatic nitrogens is 1. The normalized spacial score (nSPS) is 10.7. The number of fused-ring (bicyclic) bond motifs is 1. The summed E-state index contributed by atoms with van der Waals surface area (Å²) in [7, 11) is 0. The summed E-state index contributed by atoms with van der Waals surface area (Å²) in [5, 5.41) is 3.76. The second-order valence-corrected chi connectivity index (χ2v) is 6.22. The molecule has 0 aliphatic heterocycles. The molecule has 0 fully saturated rings. The number of amides is 1. The zero-order valence-corrected chi connectivity index (χ0v) is 14.8. The first-order valence-corrected chi connectivity index (χ1v) is 8.88. The Morgan fingerprint density at radius 2 is 1.89 bits per heavy atom.